The second kappa shape index (κ2) is 6.44. The largest absolute Gasteiger partial charge is 0.424 e. The third-order valence-electron chi connectivity index (χ3n) is 4.02. The molecule has 8 nitrogen and oxygen atoms in total. The maximum Gasteiger partial charge on any atom is 0.329 e. The predicted molar refractivity (Wildman–Crippen MR) is 92.7 cm³/mol. The maximum atomic E-state index is 12.3. The molecular weight excluding hydrogens is 334 g/mol. The predicted octanol–water partition coefficient (Wildman–Crippen LogP) is 2.54. The fraction of sp³-hybridized carbons (Fsp3) is 0.278. The lowest BCUT2D eigenvalue weighted by atomic mass is 10.1. The van der Waals surface area contributed by atoms with Gasteiger partial charge in [0, 0.05) is 0 Å². The molecule has 0 spiro atoms. The number of benzene rings is 1. The number of ether oxygens (including phenoxy) is 1. The molecule has 3 amide bonds. The number of aryl methyl sites for hydroxylation is 1. The van der Waals surface area contributed by atoms with Crippen LogP contribution in [0.2, 0.25) is 0 Å². The van der Waals surface area contributed by atoms with Crippen molar-refractivity contribution in [1.82, 2.24) is 15.3 Å². The fourth-order valence-electron chi connectivity index (χ4n) is 2.60. The number of carbonyl (C=O) groups is 2. The van der Waals surface area contributed by atoms with Crippen LogP contribution in [0, 0.1) is 11.3 Å². The van der Waals surface area contributed by atoms with Gasteiger partial charge in [0.15, 0.2) is 0 Å². The third-order valence-corrected chi connectivity index (χ3v) is 4.02. The first-order chi connectivity index (χ1) is 12.4. The summed E-state index contributed by atoms with van der Waals surface area (Å²) in [5.41, 5.74) is 0.755. The molecule has 3 rings (SSSR count). The average molecular weight is 351 g/mol. The van der Waals surface area contributed by atoms with Gasteiger partial charge < -0.3 is 10.1 Å². The number of hydrogen-bond donors (Lipinski definition) is 1. The van der Waals surface area contributed by atoms with Crippen LogP contribution in [0.3, 0.4) is 0 Å². The summed E-state index contributed by atoms with van der Waals surface area (Å²) in [4.78, 5) is 33.4. The van der Waals surface area contributed by atoms with E-state index in [4.69, 9.17) is 10.00 Å². The molecule has 0 bridgehead atoms. The van der Waals surface area contributed by atoms with Gasteiger partial charge in [-0.05, 0) is 44.0 Å². The number of rotatable bonds is 4. The Balaban J connectivity index is 1.80. The molecule has 0 radical (unpaired) electrons. The molecule has 1 aliphatic heterocycles. The molecule has 1 fully saturated rings. The van der Waals surface area contributed by atoms with Crippen molar-refractivity contribution in [3.63, 3.8) is 0 Å². The Morgan fingerprint density at radius 2 is 1.96 bits per heavy atom. The lowest BCUT2D eigenvalue weighted by Crippen LogP contribution is -2.40. The number of carbonyl (C=O) groups excluding carboxylic acids is 2. The average Bonchev–Trinajstić information content (AvgIpc) is 2.83. The van der Waals surface area contributed by atoms with Crippen LogP contribution in [0.4, 0.5) is 10.5 Å². The van der Waals surface area contributed by atoms with Crippen LogP contribution in [0.25, 0.3) is 0 Å². The minimum atomic E-state index is -0.967. The number of nitrogens with one attached hydrogen (secondary N) is 1. The van der Waals surface area contributed by atoms with Crippen LogP contribution in [0.1, 0.15) is 31.9 Å². The van der Waals surface area contributed by atoms with Gasteiger partial charge in [-0.25, -0.2) is 19.7 Å². The van der Waals surface area contributed by atoms with Crippen molar-refractivity contribution >= 4 is 17.6 Å². The van der Waals surface area contributed by atoms with Gasteiger partial charge in [0.1, 0.15) is 11.3 Å². The molecule has 2 aromatic rings. The second-order valence-electron chi connectivity index (χ2n) is 6.31. The van der Waals surface area contributed by atoms with Crippen LogP contribution in [-0.2, 0) is 11.2 Å². The van der Waals surface area contributed by atoms with Gasteiger partial charge in [0.05, 0.1) is 29.7 Å². The highest BCUT2D eigenvalue weighted by Crippen LogP contribution is 2.26. The second-order valence-corrected chi connectivity index (χ2v) is 6.31. The van der Waals surface area contributed by atoms with E-state index >= 15 is 0 Å². The number of urea groups is 1. The molecule has 0 unspecified atom stereocenters. The lowest BCUT2D eigenvalue weighted by molar-refractivity contribution is -0.121. The Bertz CT molecular complexity index is 915. The first-order valence-electron chi connectivity index (χ1n) is 8.05. The van der Waals surface area contributed by atoms with Crippen molar-refractivity contribution in [2.45, 2.75) is 32.7 Å². The van der Waals surface area contributed by atoms with E-state index in [0.29, 0.717) is 17.7 Å². The summed E-state index contributed by atoms with van der Waals surface area (Å²) in [5.74, 6) is 0.129. The third kappa shape index (κ3) is 3.07. The zero-order valence-corrected chi connectivity index (χ0v) is 14.6. The molecule has 2 heterocycles. The van der Waals surface area contributed by atoms with Crippen molar-refractivity contribution in [2.24, 2.45) is 0 Å². The normalized spacial score (nSPS) is 15.5. The van der Waals surface area contributed by atoms with Crippen LogP contribution < -0.4 is 15.0 Å². The Labute approximate surface area is 150 Å². The minimum Gasteiger partial charge on any atom is -0.424 e. The Morgan fingerprint density at radius 3 is 2.50 bits per heavy atom. The molecule has 1 N–H and O–H groups in total. The molecular formula is C18H17N5O3. The van der Waals surface area contributed by atoms with Crippen LogP contribution in [-0.4, -0.2) is 27.4 Å². The van der Waals surface area contributed by atoms with E-state index in [-0.39, 0.29) is 17.6 Å². The highest BCUT2D eigenvalue weighted by Gasteiger charge is 2.45. The summed E-state index contributed by atoms with van der Waals surface area (Å²) in [6.07, 6.45) is 3.40. The highest BCUT2D eigenvalue weighted by atomic mass is 16.5. The maximum absolute atomic E-state index is 12.3. The zero-order valence-electron chi connectivity index (χ0n) is 14.6. The molecule has 1 aliphatic rings. The van der Waals surface area contributed by atoms with E-state index < -0.39 is 11.6 Å². The number of aromatic nitrogens is 2. The van der Waals surface area contributed by atoms with Crippen molar-refractivity contribution in [1.29, 1.82) is 5.26 Å². The quantitative estimate of drug-likeness (QED) is 0.848. The van der Waals surface area contributed by atoms with E-state index in [1.54, 1.807) is 32.0 Å². The summed E-state index contributed by atoms with van der Waals surface area (Å²) in [7, 11) is 0. The van der Waals surface area contributed by atoms with Crippen molar-refractivity contribution < 1.29 is 14.3 Å². The van der Waals surface area contributed by atoms with E-state index in [2.05, 4.69) is 21.4 Å². The zero-order chi connectivity index (χ0) is 18.9. The van der Waals surface area contributed by atoms with E-state index in [9.17, 15) is 9.59 Å². The summed E-state index contributed by atoms with van der Waals surface area (Å²) in [6.45, 7) is 5.20. The number of nitrogens with zero attached hydrogens (tertiary/aromatic N) is 4. The molecule has 1 aromatic carbocycles. The molecule has 0 saturated carbocycles. The smallest absolute Gasteiger partial charge is 0.329 e. The van der Waals surface area contributed by atoms with Gasteiger partial charge in [-0.15, -0.1) is 0 Å². The monoisotopic (exact) mass is 351 g/mol. The van der Waals surface area contributed by atoms with Crippen LogP contribution in [0.5, 0.6) is 11.8 Å². The molecule has 0 aliphatic carbocycles. The summed E-state index contributed by atoms with van der Waals surface area (Å²) in [5, 5.41) is 11.7. The summed E-state index contributed by atoms with van der Waals surface area (Å²) in [6, 6.07) is 6.79. The number of imide groups is 1. The van der Waals surface area contributed by atoms with Gasteiger partial charge in [0.2, 0.25) is 0 Å². The number of nitriles is 1. The van der Waals surface area contributed by atoms with Crippen LogP contribution >= 0.6 is 0 Å². The number of amides is 3. The van der Waals surface area contributed by atoms with E-state index in [1.165, 1.54) is 12.4 Å². The molecule has 1 saturated heterocycles. The highest BCUT2D eigenvalue weighted by molar-refractivity contribution is 6.22. The van der Waals surface area contributed by atoms with Gasteiger partial charge in [-0.2, -0.15) is 5.26 Å². The molecule has 0 atom stereocenters. The SMILES string of the molecule is CCc1cc(Oc2ncc(N3C(=O)NC(C)(C)C3=O)cn2)ccc1C#N. The Kier molecular flexibility index (Phi) is 4.30. The Morgan fingerprint density at radius 1 is 1.27 bits per heavy atom. The standard InChI is InChI=1S/C18H17N5O3/c1-4-11-7-14(6-5-12(11)8-19)26-16-20-9-13(10-21-16)23-15(24)18(2,3)22-17(23)25/h5-7,9-10H,4H2,1-3H3,(H,22,25). The number of anilines is 1. The van der Waals surface area contributed by atoms with E-state index in [0.717, 1.165) is 10.5 Å². The topological polar surface area (TPSA) is 108 Å². The summed E-state index contributed by atoms with van der Waals surface area (Å²) < 4.78 is 5.60. The molecule has 132 valence electrons. The van der Waals surface area contributed by atoms with E-state index in [1.807, 2.05) is 6.92 Å². The van der Waals surface area contributed by atoms with Crippen molar-refractivity contribution in [3.8, 4) is 17.8 Å². The number of hydrogen-bond acceptors (Lipinski definition) is 6. The van der Waals surface area contributed by atoms with Gasteiger partial charge in [0.25, 0.3) is 5.91 Å². The Hall–Kier alpha value is -3.47. The first kappa shape index (κ1) is 17.4. The molecule has 1 aromatic heterocycles. The van der Waals surface area contributed by atoms with Crippen molar-refractivity contribution in [2.75, 3.05) is 4.90 Å². The van der Waals surface area contributed by atoms with Crippen LogP contribution in [0.15, 0.2) is 30.6 Å². The molecule has 26 heavy (non-hydrogen) atoms. The fourth-order valence-corrected chi connectivity index (χ4v) is 2.60. The minimum absolute atomic E-state index is 0.0758. The van der Waals surface area contributed by atoms with Crippen molar-refractivity contribution in [3.05, 3.63) is 41.7 Å². The van der Waals surface area contributed by atoms with Gasteiger partial charge in [-0.3, -0.25) is 4.79 Å². The molecule has 8 heteroatoms. The van der Waals surface area contributed by atoms with Gasteiger partial charge in [-0.1, -0.05) is 6.92 Å². The lowest BCUT2D eigenvalue weighted by Gasteiger charge is -2.15. The summed E-state index contributed by atoms with van der Waals surface area (Å²) >= 11 is 0. The van der Waals surface area contributed by atoms with Gasteiger partial charge >= 0.3 is 12.0 Å². The first-order valence-corrected chi connectivity index (χ1v) is 8.05.